The van der Waals surface area contributed by atoms with E-state index in [0.717, 1.165) is 0 Å². The van der Waals surface area contributed by atoms with Crippen molar-refractivity contribution in [3.63, 3.8) is 0 Å². The summed E-state index contributed by atoms with van der Waals surface area (Å²) in [6, 6.07) is -0.945. The van der Waals surface area contributed by atoms with Crippen LogP contribution < -0.4 is 5.32 Å². The summed E-state index contributed by atoms with van der Waals surface area (Å²) in [5.41, 5.74) is 0. The van der Waals surface area contributed by atoms with Crippen molar-refractivity contribution in [3.05, 3.63) is 0 Å². The van der Waals surface area contributed by atoms with E-state index >= 15 is 0 Å². The van der Waals surface area contributed by atoms with Crippen molar-refractivity contribution in [2.24, 2.45) is 0 Å². The van der Waals surface area contributed by atoms with E-state index in [9.17, 15) is 20.1 Å². The number of carbonyl (C=O) groups is 1. The highest BCUT2D eigenvalue weighted by Gasteiger charge is 2.45. The highest BCUT2D eigenvalue weighted by atomic mass is 32.1. The maximum absolute atomic E-state index is 11.3. The lowest BCUT2D eigenvalue weighted by Gasteiger charge is -2.42. The minimum absolute atomic E-state index is 0.147. The smallest absolute Gasteiger partial charge is 0.217 e. The van der Waals surface area contributed by atoms with E-state index in [1.54, 1.807) is 0 Å². The first-order valence-electron chi connectivity index (χ1n) is 7.78. The van der Waals surface area contributed by atoms with Crippen LogP contribution in [-0.2, 0) is 23.7 Å². The van der Waals surface area contributed by atoms with Crippen molar-refractivity contribution < 1.29 is 39.1 Å². The Morgan fingerprint density at radius 2 is 1.75 bits per heavy atom. The van der Waals surface area contributed by atoms with E-state index in [2.05, 4.69) is 17.9 Å². The fourth-order valence-electron chi connectivity index (χ4n) is 2.22. The predicted octanol–water partition coefficient (Wildman–Crippen LogP) is -2.09. The molecular weight excluding hydrogens is 342 g/mol. The lowest BCUT2D eigenvalue weighted by Crippen LogP contribution is -2.64. The number of aliphatic hydroxyl groups is 3. The second-order valence-corrected chi connectivity index (χ2v) is 5.70. The highest BCUT2D eigenvalue weighted by Crippen LogP contribution is 2.22. The van der Waals surface area contributed by atoms with Crippen LogP contribution >= 0.6 is 12.6 Å². The van der Waals surface area contributed by atoms with Gasteiger partial charge in [0.15, 0.2) is 6.29 Å². The molecule has 0 spiro atoms. The molecule has 9 nitrogen and oxygen atoms in total. The zero-order valence-electron chi connectivity index (χ0n) is 13.7. The largest absolute Gasteiger partial charge is 0.394 e. The van der Waals surface area contributed by atoms with Gasteiger partial charge in [0.1, 0.15) is 24.4 Å². The molecule has 1 heterocycles. The number of hydrogen-bond acceptors (Lipinski definition) is 9. The third-order valence-corrected chi connectivity index (χ3v) is 3.55. The number of hydrogen-bond donors (Lipinski definition) is 5. The van der Waals surface area contributed by atoms with Crippen LogP contribution in [0.1, 0.15) is 6.92 Å². The monoisotopic (exact) mass is 369 g/mol. The Morgan fingerprint density at radius 1 is 1.12 bits per heavy atom. The number of aliphatic hydroxyl groups excluding tert-OH is 3. The van der Waals surface area contributed by atoms with E-state index in [0.29, 0.717) is 25.6 Å². The van der Waals surface area contributed by atoms with Crippen LogP contribution in [0.2, 0.25) is 0 Å². The summed E-state index contributed by atoms with van der Waals surface area (Å²) in [5.74, 6) is 0.246. The van der Waals surface area contributed by atoms with Crippen LogP contribution in [0.5, 0.6) is 0 Å². The van der Waals surface area contributed by atoms with E-state index in [4.69, 9.17) is 18.9 Å². The molecule has 0 radical (unpaired) electrons. The Labute approximate surface area is 146 Å². The summed E-state index contributed by atoms with van der Waals surface area (Å²) in [6.45, 7) is 2.62. The quantitative estimate of drug-likeness (QED) is 0.207. The predicted molar refractivity (Wildman–Crippen MR) is 86.8 cm³/mol. The SMILES string of the molecule is CC(=O)NC1C(OCCOCCOCCS)OC(CO)C(O)C1O. The average Bonchev–Trinajstić information content (AvgIpc) is 2.55. The Morgan fingerprint density at radius 3 is 2.33 bits per heavy atom. The zero-order valence-corrected chi connectivity index (χ0v) is 14.6. The van der Waals surface area contributed by atoms with Gasteiger partial charge >= 0.3 is 0 Å². The molecule has 24 heavy (non-hydrogen) atoms. The van der Waals surface area contributed by atoms with Gasteiger partial charge in [-0.3, -0.25) is 4.79 Å². The first-order chi connectivity index (χ1) is 11.5. The van der Waals surface area contributed by atoms with Crippen molar-refractivity contribution >= 4 is 18.5 Å². The van der Waals surface area contributed by atoms with Gasteiger partial charge in [-0.05, 0) is 0 Å². The van der Waals surface area contributed by atoms with Crippen LogP contribution in [-0.4, -0.2) is 97.3 Å². The molecule has 1 aliphatic rings. The number of rotatable bonds is 11. The van der Waals surface area contributed by atoms with Crippen LogP contribution in [0.25, 0.3) is 0 Å². The number of thiol groups is 1. The molecule has 1 rings (SSSR count). The third kappa shape index (κ3) is 7.19. The van der Waals surface area contributed by atoms with Crippen molar-refractivity contribution in [2.75, 3.05) is 45.4 Å². The second kappa shape index (κ2) is 12.0. The summed E-state index contributed by atoms with van der Waals surface area (Å²) in [7, 11) is 0. The van der Waals surface area contributed by atoms with Gasteiger partial charge in [0.25, 0.3) is 0 Å². The van der Waals surface area contributed by atoms with Crippen LogP contribution in [0, 0.1) is 0 Å². The average molecular weight is 369 g/mol. The number of nitrogens with one attached hydrogen (secondary N) is 1. The van der Waals surface area contributed by atoms with Crippen molar-refractivity contribution in [1.82, 2.24) is 5.32 Å². The zero-order chi connectivity index (χ0) is 17.9. The molecule has 1 amide bonds. The molecule has 0 aliphatic carbocycles. The Hall–Kier alpha value is -0.460. The van der Waals surface area contributed by atoms with Crippen molar-refractivity contribution in [2.45, 2.75) is 37.6 Å². The highest BCUT2D eigenvalue weighted by molar-refractivity contribution is 7.80. The topological polar surface area (TPSA) is 127 Å². The number of ether oxygens (including phenoxy) is 4. The summed E-state index contributed by atoms with van der Waals surface area (Å²) >= 11 is 4.01. The van der Waals surface area contributed by atoms with E-state index in [-0.39, 0.29) is 13.2 Å². The molecule has 0 aromatic carbocycles. The van der Waals surface area contributed by atoms with E-state index in [1.807, 2.05) is 0 Å². The van der Waals surface area contributed by atoms with E-state index < -0.39 is 43.2 Å². The molecule has 0 aromatic rings. The molecule has 5 unspecified atom stereocenters. The maximum atomic E-state index is 11.3. The molecule has 10 heteroatoms. The number of amides is 1. The van der Waals surface area contributed by atoms with Crippen molar-refractivity contribution in [3.8, 4) is 0 Å². The molecule has 4 N–H and O–H groups in total. The normalized spacial score (nSPS) is 30.3. The fourth-order valence-corrected chi connectivity index (χ4v) is 2.35. The van der Waals surface area contributed by atoms with Crippen LogP contribution in [0.15, 0.2) is 0 Å². The summed E-state index contributed by atoms with van der Waals surface area (Å²) < 4.78 is 21.4. The molecular formula is C14H27NO8S. The number of carbonyl (C=O) groups excluding carboxylic acids is 1. The first kappa shape index (κ1) is 21.6. The second-order valence-electron chi connectivity index (χ2n) is 5.25. The maximum Gasteiger partial charge on any atom is 0.217 e. The Bertz CT molecular complexity index is 362. The van der Waals surface area contributed by atoms with Gasteiger partial charge in [-0.2, -0.15) is 12.6 Å². The van der Waals surface area contributed by atoms with E-state index in [1.165, 1.54) is 6.92 Å². The summed E-state index contributed by atoms with van der Waals surface area (Å²) in [5, 5.41) is 31.6. The first-order valence-corrected chi connectivity index (χ1v) is 8.42. The molecule has 1 aliphatic heterocycles. The van der Waals surface area contributed by atoms with Gasteiger partial charge in [0.05, 0.1) is 39.6 Å². The van der Waals surface area contributed by atoms with Crippen LogP contribution in [0.4, 0.5) is 0 Å². The third-order valence-electron chi connectivity index (χ3n) is 3.37. The van der Waals surface area contributed by atoms with Gasteiger partial charge in [-0.1, -0.05) is 0 Å². The van der Waals surface area contributed by atoms with Gasteiger partial charge < -0.3 is 39.6 Å². The lowest BCUT2D eigenvalue weighted by atomic mass is 9.97. The molecule has 0 bridgehead atoms. The molecule has 5 atom stereocenters. The van der Waals surface area contributed by atoms with Gasteiger partial charge in [-0.25, -0.2) is 0 Å². The minimum atomic E-state index is -1.33. The van der Waals surface area contributed by atoms with Crippen LogP contribution in [0.3, 0.4) is 0 Å². The molecule has 0 aromatic heterocycles. The van der Waals surface area contributed by atoms with Gasteiger partial charge in [0, 0.05) is 12.7 Å². The minimum Gasteiger partial charge on any atom is -0.394 e. The summed E-state index contributed by atoms with van der Waals surface area (Å²) in [6.07, 6.45) is -4.65. The molecule has 142 valence electrons. The molecule has 0 saturated carbocycles. The standard InChI is InChI=1S/C14H27NO8S/c1-9(17)15-11-13(19)12(18)10(8-16)23-14(11)22-5-4-20-2-3-21-6-7-24/h10-14,16,18-19,24H,2-8H2,1H3,(H,15,17). The Balaban J connectivity index is 2.39. The van der Waals surface area contributed by atoms with Gasteiger partial charge in [0.2, 0.25) is 5.91 Å². The molecule has 1 saturated heterocycles. The molecule has 1 fully saturated rings. The fraction of sp³-hybridized carbons (Fsp3) is 0.929. The van der Waals surface area contributed by atoms with Crippen molar-refractivity contribution in [1.29, 1.82) is 0 Å². The summed E-state index contributed by atoms with van der Waals surface area (Å²) in [4.78, 5) is 11.3. The Kier molecular flexibility index (Phi) is 10.8. The lowest BCUT2D eigenvalue weighted by molar-refractivity contribution is -0.272. The van der Waals surface area contributed by atoms with Gasteiger partial charge in [-0.15, -0.1) is 0 Å².